The van der Waals surface area contributed by atoms with Crippen molar-refractivity contribution in [1.82, 2.24) is 10.3 Å². The van der Waals surface area contributed by atoms with Gasteiger partial charge in [-0.25, -0.2) is 13.4 Å². The van der Waals surface area contributed by atoms with E-state index in [0.717, 1.165) is 11.0 Å². The Hall–Kier alpha value is -2.87. The number of amides is 1. The molecule has 136 valence electrons. The van der Waals surface area contributed by atoms with Crippen LogP contribution < -0.4 is 14.8 Å². The summed E-state index contributed by atoms with van der Waals surface area (Å²) in [7, 11) is -0.416. The molecule has 1 aliphatic heterocycles. The van der Waals surface area contributed by atoms with Gasteiger partial charge in [-0.3, -0.25) is 4.79 Å². The maximum absolute atomic E-state index is 12.7. The first-order valence-corrected chi connectivity index (χ1v) is 9.55. The zero-order valence-electron chi connectivity index (χ0n) is 14.3. The second kappa shape index (κ2) is 7.17. The summed E-state index contributed by atoms with van der Waals surface area (Å²) in [4.78, 5) is 17.1. The smallest absolute Gasteiger partial charge is 0.261 e. The van der Waals surface area contributed by atoms with Gasteiger partial charge in [0.05, 0.1) is 31.7 Å². The molecule has 1 amide bonds. The molecule has 7 nitrogen and oxygen atoms in total. The van der Waals surface area contributed by atoms with E-state index in [2.05, 4.69) is 10.3 Å². The van der Waals surface area contributed by atoms with Crippen LogP contribution in [0.4, 0.5) is 0 Å². The van der Waals surface area contributed by atoms with Crippen LogP contribution in [0.2, 0.25) is 0 Å². The largest absolute Gasteiger partial charge is 0.496 e. The van der Waals surface area contributed by atoms with Crippen LogP contribution >= 0.6 is 0 Å². The van der Waals surface area contributed by atoms with Gasteiger partial charge in [-0.1, -0.05) is 30.3 Å². The van der Waals surface area contributed by atoms with Crippen LogP contribution in [0.5, 0.6) is 11.6 Å². The van der Waals surface area contributed by atoms with Crippen molar-refractivity contribution in [3.63, 3.8) is 0 Å². The number of nitrogens with one attached hydrogen (secondary N) is 1. The summed E-state index contributed by atoms with van der Waals surface area (Å²) in [5, 5.41) is 3.75. The number of methoxy groups -OCH3 is 2. The van der Waals surface area contributed by atoms with Crippen molar-refractivity contribution >= 4 is 15.7 Å². The maximum atomic E-state index is 12.7. The minimum Gasteiger partial charge on any atom is -0.496 e. The molecule has 0 bridgehead atoms. The lowest BCUT2D eigenvalue weighted by Crippen LogP contribution is -2.36. The van der Waals surface area contributed by atoms with Crippen LogP contribution in [-0.2, 0) is 9.84 Å². The molecule has 1 N–H and O–H groups in total. The number of hydrogen-bond donors (Lipinski definition) is 1. The van der Waals surface area contributed by atoms with Crippen molar-refractivity contribution in [2.45, 2.75) is 6.04 Å². The molecule has 0 spiro atoms. The third kappa shape index (κ3) is 3.70. The second-order valence-electron chi connectivity index (χ2n) is 5.70. The van der Waals surface area contributed by atoms with Crippen molar-refractivity contribution in [1.29, 1.82) is 0 Å². The molecule has 8 heteroatoms. The zero-order chi connectivity index (χ0) is 18.7. The fourth-order valence-corrected chi connectivity index (χ4v) is 3.92. The molecule has 3 rings (SSSR count). The van der Waals surface area contributed by atoms with Crippen LogP contribution in [0.15, 0.2) is 47.9 Å². The van der Waals surface area contributed by atoms with E-state index in [1.807, 2.05) is 30.3 Å². The molecule has 0 saturated heterocycles. The van der Waals surface area contributed by atoms with E-state index in [-0.39, 0.29) is 22.9 Å². The van der Waals surface area contributed by atoms with Crippen molar-refractivity contribution < 1.29 is 22.7 Å². The Morgan fingerprint density at radius 1 is 1.19 bits per heavy atom. The van der Waals surface area contributed by atoms with Gasteiger partial charge in [0.1, 0.15) is 11.3 Å². The Morgan fingerprint density at radius 2 is 1.92 bits per heavy atom. The van der Waals surface area contributed by atoms with Crippen molar-refractivity contribution in [2.75, 3.05) is 20.0 Å². The van der Waals surface area contributed by atoms with Gasteiger partial charge in [-0.2, -0.15) is 0 Å². The molecule has 1 aromatic carbocycles. The Morgan fingerprint density at radius 3 is 2.50 bits per heavy atom. The van der Waals surface area contributed by atoms with E-state index in [9.17, 15) is 13.2 Å². The minimum absolute atomic E-state index is 0.102. The molecule has 0 radical (unpaired) electrons. The molecule has 0 fully saturated rings. The average Bonchev–Trinajstić information content (AvgIpc) is 2.99. The van der Waals surface area contributed by atoms with Crippen molar-refractivity contribution in [3.8, 4) is 22.9 Å². The number of carbonyl (C=O) groups is 1. The Kier molecular flexibility index (Phi) is 4.94. The highest BCUT2D eigenvalue weighted by molar-refractivity contribution is 7.94. The summed E-state index contributed by atoms with van der Waals surface area (Å²) in [6, 6.07) is 10.5. The molecule has 26 heavy (non-hydrogen) atoms. The average molecular weight is 374 g/mol. The van der Waals surface area contributed by atoms with Gasteiger partial charge in [0.25, 0.3) is 5.91 Å². The highest BCUT2D eigenvalue weighted by atomic mass is 32.2. The predicted molar refractivity (Wildman–Crippen MR) is 97.0 cm³/mol. The molecule has 2 heterocycles. The van der Waals surface area contributed by atoms with Crippen LogP contribution in [0.25, 0.3) is 11.3 Å². The number of aromatic nitrogens is 1. The van der Waals surface area contributed by atoms with Crippen molar-refractivity contribution in [2.24, 2.45) is 0 Å². The number of rotatable bonds is 5. The summed E-state index contributed by atoms with van der Waals surface area (Å²) in [5.41, 5.74) is 1.56. The summed E-state index contributed by atoms with van der Waals surface area (Å²) in [6.45, 7) is 0. The maximum Gasteiger partial charge on any atom is 0.261 e. The standard InChI is InChI=1S/C18H18N2O5S/c1-24-15-10-14(12-6-4-3-5-7-12)20-18(25-2)16(15)17(21)19-13-8-9-26(22,23)11-13/h3-10,13H,11H2,1-2H3,(H,19,21)/t13-/m1/s1. The molecular weight excluding hydrogens is 356 g/mol. The molecule has 0 unspecified atom stereocenters. The Balaban J connectivity index is 1.96. The Bertz CT molecular complexity index is 930. The third-order valence-electron chi connectivity index (χ3n) is 3.91. The van der Waals surface area contributed by atoms with E-state index < -0.39 is 21.8 Å². The lowest BCUT2D eigenvalue weighted by molar-refractivity contribution is 0.0940. The molecule has 1 aliphatic rings. The number of carbonyl (C=O) groups excluding carboxylic acids is 1. The van der Waals surface area contributed by atoms with Gasteiger partial charge in [0, 0.05) is 17.0 Å². The number of sulfone groups is 1. The third-order valence-corrected chi connectivity index (χ3v) is 5.30. The number of hydrogen-bond acceptors (Lipinski definition) is 6. The molecule has 0 saturated carbocycles. The van der Waals surface area contributed by atoms with Gasteiger partial charge in [-0.15, -0.1) is 0 Å². The minimum atomic E-state index is -3.27. The summed E-state index contributed by atoms with van der Waals surface area (Å²) < 4.78 is 33.7. The molecular formula is C18H18N2O5S. The molecule has 1 atom stereocenters. The predicted octanol–water partition coefficient (Wildman–Crippen LogP) is 1.81. The first kappa shape index (κ1) is 17.9. The molecule has 1 aromatic heterocycles. The van der Waals surface area contributed by atoms with Crippen LogP contribution in [0, 0.1) is 0 Å². The monoisotopic (exact) mass is 374 g/mol. The SMILES string of the molecule is COc1cc(-c2ccccc2)nc(OC)c1C(=O)N[C@@H]1C=CS(=O)(=O)C1. The number of ether oxygens (including phenoxy) is 2. The summed E-state index contributed by atoms with van der Waals surface area (Å²) in [5.74, 6) is -0.292. The molecule has 0 aliphatic carbocycles. The normalized spacial score (nSPS) is 17.7. The van der Waals surface area contributed by atoms with Gasteiger partial charge >= 0.3 is 0 Å². The topological polar surface area (TPSA) is 94.6 Å². The second-order valence-corrected chi connectivity index (χ2v) is 7.63. The Labute approximate surface area is 151 Å². The number of benzene rings is 1. The van der Waals surface area contributed by atoms with E-state index in [1.54, 1.807) is 6.07 Å². The van der Waals surface area contributed by atoms with Gasteiger partial charge in [0.2, 0.25) is 5.88 Å². The highest BCUT2D eigenvalue weighted by Gasteiger charge is 2.27. The van der Waals surface area contributed by atoms with E-state index in [1.165, 1.54) is 20.3 Å². The first-order valence-electron chi connectivity index (χ1n) is 7.84. The zero-order valence-corrected chi connectivity index (χ0v) is 15.1. The quantitative estimate of drug-likeness (QED) is 0.858. The van der Waals surface area contributed by atoms with Gasteiger partial charge in [-0.05, 0) is 6.08 Å². The number of nitrogens with zero attached hydrogens (tertiary/aromatic N) is 1. The number of pyridine rings is 1. The van der Waals surface area contributed by atoms with Gasteiger partial charge < -0.3 is 14.8 Å². The van der Waals surface area contributed by atoms with E-state index in [4.69, 9.17) is 9.47 Å². The highest BCUT2D eigenvalue weighted by Crippen LogP contribution is 2.32. The lowest BCUT2D eigenvalue weighted by atomic mass is 10.1. The fourth-order valence-electron chi connectivity index (χ4n) is 2.68. The van der Waals surface area contributed by atoms with Crippen molar-refractivity contribution in [3.05, 3.63) is 53.4 Å². The van der Waals surface area contributed by atoms with Crippen LogP contribution in [-0.4, -0.2) is 45.3 Å². The van der Waals surface area contributed by atoms with E-state index >= 15 is 0 Å². The van der Waals surface area contributed by atoms with E-state index in [0.29, 0.717) is 5.69 Å². The first-order chi connectivity index (χ1) is 12.4. The molecule has 2 aromatic rings. The summed E-state index contributed by atoms with van der Waals surface area (Å²) in [6.07, 6.45) is 1.44. The van der Waals surface area contributed by atoms with Crippen LogP contribution in [0.1, 0.15) is 10.4 Å². The lowest BCUT2D eigenvalue weighted by Gasteiger charge is -2.16. The summed E-state index contributed by atoms with van der Waals surface area (Å²) >= 11 is 0. The van der Waals surface area contributed by atoms with Gasteiger partial charge in [0.15, 0.2) is 9.84 Å². The fraction of sp³-hybridized carbons (Fsp3) is 0.222. The van der Waals surface area contributed by atoms with Crippen LogP contribution in [0.3, 0.4) is 0 Å².